The molecule has 0 heterocycles. The lowest BCUT2D eigenvalue weighted by Crippen LogP contribution is -2.35. The number of para-hydroxylation sites is 2. The van der Waals surface area contributed by atoms with Crippen LogP contribution in [-0.2, 0) is 14.8 Å². The van der Waals surface area contributed by atoms with E-state index in [2.05, 4.69) is 10.0 Å². The van der Waals surface area contributed by atoms with Crippen molar-refractivity contribution < 1.29 is 27.5 Å². The van der Waals surface area contributed by atoms with Crippen molar-refractivity contribution in [1.29, 1.82) is 0 Å². The summed E-state index contributed by atoms with van der Waals surface area (Å²) in [6, 6.07) is 19.0. The van der Waals surface area contributed by atoms with E-state index in [1.165, 1.54) is 43.3 Å². The normalized spacial score (nSPS) is 10.8. The number of hydrogen-bond donors (Lipinski definition) is 2. The first-order valence-corrected chi connectivity index (χ1v) is 11.7. The van der Waals surface area contributed by atoms with Gasteiger partial charge in [0, 0.05) is 18.3 Å². The van der Waals surface area contributed by atoms with Gasteiger partial charge in [-0.1, -0.05) is 18.2 Å². The molecular formula is C24H25N3O6S. The first-order chi connectivity index (χ1) is 16.2. The van der Waals surface area contributed by atoms with Crippen LogP contribution in [0.25, 0.3) is 0 Å². The van der Waals surface area contributed by atoms with E-state index in [-0.39, 0.29) is 22.7 Å². The number of hydrogen-bond acceptors (Lipinski definition) is 6. The molecule has 0 radical (unpaired) electrons. The predicted molar refractivity (Wildman–Crippen MR) is 129 cm³/mol. The number of anilines is 2. The minimum absolute atomic E-state index is 0.0969. The molecule has 2 amide bonds. The molecular weight excluding hydrogens is 458 g/mol. The molecule has 0 fully saturated rings. The van der Waals surface area contributed by atoms with E-state index in [1.54, 1.807) is 55.6 Å². The minimum atomic E-state index is -3.99. The average molecular weight is 484 g/mol. The molecule has 3 aromatic carbocycles. The zero-order chi connectivity index (χ0) is 24.7. The third kappa shape index (κ3) is 6.04. The van der Waals surface area contributed by atoms with Gasteiger partial charge in [0.2, 0.25) is 5.91 Å². The molecule has 0 aliphatic rings. The Bertz CT molecular complexity index is 1280. The van der Waals surface area contributed by atoms with Crippen molar-refractivity contribution in [1.82, 2.24) is 4.90 Å². The van der Waals surface area contributed by atoms with E-state index < -0.39 is 21.8 Å². The summed E-state index contributed by atoms with van der Waals surface area (Å²) in [6.45, 7) is -0.221. The number of likely N-dealkylation sites (N-methyl/N-ethyl adjacent to an activating group) is 1. The van der Waals surface area contributed by atoms with Crippen LogP contribution in [0.3, 0.4) is 0 Å². The monoisotopic (exact) mass is 483 g/mol. The molecule has 3 rings (SSSR count). The third-order valence-electron chi connectivity index (χ3n) is 4.84. The maximum Gasteiger partial charge on any atom is 0.262 e. The predicted octanol–water partition coefficient (Wildman–Crippen LogP) is 3.22. The lowest BCUT2D eigenvalue weighted by atomic mass is 10.2. The van der Waals surface area contributed by atoms with Crippen LogP contribution in [0.5, 0.6) is 11.5 Å². The number of rotatable bonds is 9. The summed E-state index contributed by atoms with van der Waals surface area (Å²) in [5.41, 5.74) is 0.957. The van der Waals surface area contributed by atoms with Crippen LogP contribution in [-0.4, -0.2) is 52.9 Å². The largest absolute Gasteiger partial charge is 0.497 e. The summed E-state index contributed by atoms with van der Waals surface area (Å²) in [7, 11) is 0.457. The number of carbonyl (C=O) groups excluding carboxylic acids is 2. The fourth-order valence-electron chi connectivity index (χ4n) is 3.11. The molecule has 0 saturated heterocycles. The van der Waals surface area contributed by atoms with Gasteiger partial charge >= 0.3 is 0 Å². The van der Waals surface area contributed by atoms with Crippen molar-refractivity contribution in [2.24, 2.45) is 0 Å². The van der Waals surface area contributed by atoms with E-state index in [9.17, 15) is 18.0 Å². The van der Waals surface area contributed by atoms with Crippen molar-refractivity contribution in [2.45, 2.75) is 4.90 Å². The Morgan fingerprint density at radius 2 is 1.62 bits per heavy atom. The van der Waals surface area contributed by atoms with E-state index in [0.717, 1.165) is 0 Å². The molecule has 0 unspecified atom stereocenters. The molecule has 3 aromatic rings. The molecule has 0 atom stereocenters. The van der Waals surface area contributed by atoms with Crippen molar-refractivity contribution in [3.05, 3.63) is 78.4 Å². The van der Waals surface area contributed by atoms with Gasteiger partial charge in [-0.25, -0.2) is 8.42 Å². The lowest BCUT2D eigenvalue weighted by molar-refractivity contribution is -0.116. The quantitative estimate of drug-likeness (QED) is 0.483. The number of sulfonamides is 1. The molecule has 0 bridgehead atoms. The highest BCUT2D eigenvalue weighted by Crippen LogP contribution is 2.26. The smallest absolute Gasteiger partial charge is 0.262 e. The molecule has 0 spiro atoms. The zero-order valence-electron chi connectivity index (χ0n) is 18.9. The topological polar surface area (TPSA) is 114 Å². The molecule has 34 heavy (non-hydrogen) atoms. The Morgan fingerprint density at radius 3 is 2.29 bits per heavy atom. The van der Waals surface area contributed by atoms with Crippen LogP contribution in [0.2, 0.25) is 0 Å². The third-order valence-corrected chi connectivity index (χ3v) is 6.21. The SMILES string of the molecule is COc1ccc(NC(=O)CN(C)C(=O)c2cccc(S(=O)(=O)Nc3ccccc3OC)c2)cc1. The van der Waals surface area contributed by atoms with E-state index in [0.29, 0.717) is 17.2 Å². The molecule has 10 heteroatoms. The second-order valence-electron chi connectivity index (χ2n) is 7.27. The second kappa shape index (κ2) is 10.7. The van der Waals surface area contributed by atoms with Crippen LogP contribution >= 0.6 is 0 Å². The number of amides is 2. The Hall–Kier alpha value is -4.05. The van der Waals surface area contributed by atoms with Gasteiger partial charge < -0.3 is 19.7 Å². The van der Waals surface area contributed by atoms with Crippen LogP contribution in [0.4, 0.5) is 11.4 Å². The molecule has 9 nitrogen and oxygen atoms in total. The maximum absolute atomic E-state index is 12.9. The van der Waals surface area contributed by atoms with E-state index >= 15 is 0 Å². The van der Waals surface area contributed by atoms with Gasteiger partial charge in [0.15, 0.2) is 0 Å². The Morgan fingerprint density at radius 1 is 0.912 bits per heavy atom. The molecule has 0 aromatic heterocycles. The van der Waals surface area contributed by atoms with Crippen molar-refractivity contribution in [3.8, 4) is 11.5 Å². The lowest BCUT2D eigenvalue weighted by Gasteiger charge is -2.18. The van der Waals surface area contributed by atoms with Gasteiger partial charge in [-0.3, -0.25) is 14.3 Å². The fraction of sp³-hybridized carbons (Fsp3) is 0.167. The van der Waals surface area contributed by atoms with Gasteiger partial charge in [0.25, 0.3) is 15.9 Å². The summed E-state index contributed by atoms with van der Waals surface area (Å²) in [4.78, 5) is 26.3. The highest BCUT2D eigenvalue weighted by molar-refractivity contribution is 7.92. The number of nitrogens with one attached hydrogen (secondary N) is 2. The molecule has 0 aliphatic carbocycles. The number of ether oxygens (including phenoxy) is 2. The number of benzene rings is 3. The Labute approximate surface area is 198 Å². The van der Waals surface area contributed by atoms with Crippen LogP contribution in [0.15, 0.2) is 77.7 Å². The number of nitrogens with zero attached hydrogens (tertiary/aromatic N) is 1. The molecule has 2 N–H and O–H groups in total. The van der Waals surface area contributed by atoms with Gasteiger partial charge in [0.05, 0.1) is 31.3 Å². The summed E-state index contributed by atoms with van der Waals surface area (Å²) in [6.07, 6.45) is 0. The average Bonchev–Trinajstić information content (AvgIpc) is 2.84. The first-order valence-electron chi connectivity index (χ1n) is 10.2. The molecule has 0 saturated carbocycles. The minimum Gasteiger partial charge on any atom is -0.497 e. The number of methoxy groups -OCH3 is 2. The second-order valence-corrected chi connectivity index (χ2v) is 8.95. The van der Waals surface area contributed by atoms with E-state index in [4.69, 9.17) is 9.47 Å². The van der Waals surface area contributed by atoms with Crippen LogP contribution in [0.1, 0.15) is 10.4 Å². The van der Waals surface area contributed by atoms with Gasteiger partial charge in [-0.2, -0.15) is 0 Å². The van der Waals surface area contributed by atoms with Crippen molar-refractivity contribution >= 4 is 33.2 Å². The highest BCUT2D eigenvalue weighted by atomic mass is 32.2. The van der Waals surface area contributed by atoms with Crippen molar-refractivity contribution in [2.75, 3.05) is 37.9 Å². The summed E-state index contributed by atoms with van der Waals surface area (Å²) in [5, 5.41) is 2.70. The summed E-state index contributed by atoms with van der Waals surface area (Å²) in [5.74, 6) is 0.114. The number of carbonyl (C=O) groups is 2. The Balaban J connectivity index is 1.69. The Kier molecular flexibility index (Phi) is 7.75. The van der Waals surface area contributed by atoms with Gasteiger partial charge in [-0.15, -0.1) is 0 Å². The zero-order valence-corrected chi connectivity index (χ0v) is 19.8. The fourth-order valence-corrected chi connectivity index (χ4v) is 4.23. The van der Waals surface area contributed by atoms with Crippen molar-refractivity contribution in [3.63, 3.8) is 0 Å². The molecule has 178 valence electrons. The highest BCUT2D eigenvalue weighted by Gasteiger charge is 2.20. The van der Waals surface area contributed by atoms with E-state index in [1.807, 2.05) is 0 Å². The van der Waals surface area contributed by atoms with Crippen LogP contribution < -0.4 is 19.5 Å². The maximum atomic E-state index is 12.9. The van der Waals surface area contributed by atoms with Gasteiger partial charge in [0.1, 0.15) is 11.5 Å². The van der Waals surface area contributed by atoms with Gasteiger partial charge in [-0.05, 0) is 54.6 Å². The van der Waals surface area contributed by atoms with Crippen LogP contribution in [0, 0.1) is 0 Å². The first kappa shape index (κ1) is 24.6. The summed E-state index contributed by atoms with van der Waals surface area (Å²) >= 11 is 0. The standard InChI is InChI=1S/C24H25N3O6S/c1-27(16-23(28)25-18-11-13-19(32-2)14-12-18)24(29)17-7-6-8-20(15-17)34(30,31)26-21-9-4-5-10-22(21)33-3/h4-15,26H,16H2,1-3H3,(H,25,28). The molecule has 0 aliphatic heterocycles. The summed E-state index contributed by atoms with van der Waals surface area (Å²) < 4.78 is 38.5.